The third-order valence-corrected chi connectivity index (χ3v) is 3.40. The van der Waals surface area contributed by atoms with Crippen molar-refractivity contribution < 1.29 is 38.8 Å². The zero-order chi connectivity index (χ0) is 18.6. The van der Waals surface area contributed by atoms with Crippen molar-refractivity contribution in [3.05, 3.63) is 24.3 Å². The van der Waals surface area contributed by atoms with Crippen LogP contribution in [-0.2, 0) is 23.9 Å². The van der Waals surface area contributed by atoms with Crippen molar-refractivity contribution in [3.8, 4) is 5.75 Å². The lowest BCUT2D eigenvalue weighted by Crippen LogP contribution is -2.58. The van der Waals surface area contributed by atoms with Gasteiger partial charge >= 0.3 is 5.97 Å². The van der Waals surface area contributed by atoms with Gasteiger partial charge in [0.25, 0.3) is 6.29 Å². The lowest BCUT2D eigenvalue weighted by Gasteiger charge is -2.35. The molecule has 25 heavy (non-hydrogen) atoms. The molecule has 1 aromatic carbocycles. The predicted molar refractivity (Wildman–Crippen MR) is 83.7 cm³/mol. The van der Waals surface area contributed by atoms with Gasteiger partial charge in [0.2, 0.25) is 11.7 Å². The molecule has 4 atom stereocenters. The molecule has 1 amide bonds. The largest absolute Gasteiger partial charge is 0.463 e. The minimum atomic E-state index is -1.72. The van der Waals surface area contributed by atoms with Crippen LogP contribution in [0.4, 0.5) is 5.69 Å². The summed E-state index contributed by atoms with van der Waals surface area (Å²) >= 11 is 0. The Labute approximate surface area is 143 Å². The molecule has 4 unspecified atom stereocenters. The van der Waals surface area contributed by atoms with E-state index in [1.165, 1.54) is 26.0 Å². The maximum atomic E-state index is 12.0. The highest BCUT2D eigenvalue weighted by atomic mass is 16.7. The molecule has 1 fully saturated rings. The van der Waals surface area contributed by atoms with Crippen molar-refractivity contribution in [1.29, 1.82) is 0 Å². The maximum Gasteiger partial charge on any atom is 0.302 e. The van der Waals surface area contributed by atoms with Crippen LogP contribution in [0.2, 0.25) is 0 Å². The predicted octanol–water partition coefficient (Wildman–Crippen LogP) is -0.397. The van der Waals surface area contributed by atoms with E-state index in [2.05, 4.69) is 5.32 Å². The molecule has 3 N–H and O–H groups in total. The van der Waals surface area contributed by atoms with E-state index in [-0.39, 0.29) is 18.3 Å². The minimum Gasteiger partial charge on any atom is -0.463 e. The molecule has 0 spiro atoms. The third-order valence-electron chi connectivity index (χ3n) is 3.40. The topological polar surface area (TPSA) is 131 Å². The summed E-state index contributed by atoms with van der Waals surface area (Å²) in [5.74, 6) is -1.42. The van der Waals surface area contributed by atoms with Gasteiger partial charge in [-0.05, 0) is 24.3 Å². The van der Waals surface area contributed by atoms with Gasteiger partial charge in [-0.15, -0.1) is 0 Å². The van der Waals surface area contributed by atoms with Crippen LogP contribution in [-0.4, -0.2) is 59.1 Å². The van der Waals surface area contributed by atoms with Gasteiger partial charge in [-0.2, -0.15) is 0 Å². The first-order valence-corrected chi connectivity index (χ1v) is 7.51. The number of aliphatic hydroxyl groups is 2. The van der Waals surface area contributed by atoms with Gasteiger partial charge < -0.3 is 29.7 Å². The molecular weight excluding hydrogens is 334 g/mol. The summed E-state index contributed by atoms with van der Waals surface area (Å²) in [6, 6.07) is 6.12. The van der Waals surface area contributed by atoms with Gasteiger partial charge in [0.15, 0.2) is 0 Å². The summed E-state index contributed by atoms with van der Waals surface area (Å²) in [6.45, 7) is 2.22. The number of anilines is 1. The van der Waals surface area contributed by atoms with Crippen LogP contribution in [0, 0.1) is 0 Å². The number of Topliss-reactive ketones (excluding diaryl/α,β-unsaturated/α-hetero) is 1. The summed E-state index contributed by atoms with van der Waals surface area (Å²) in [4.78, 5) is 33.9. The zero-order valence-electron chi connectivity index (χ0n) is 13.7. The van der Waals surface area contributed by atoms with Crippen molar-refractivity contribution >= 4 is 23.3 Å². The van der Waals surface area contributed by atoms with Crippen LogP contribution in [0.1, 0.15) is 13.8 Å². The number of hydrogen-bond donors (Lipinski definition) is 3. The Kier molecular flexibility index (Phi) is 6.07. The highest BCUT2D eigenvalue weighted by molar-refractivity contribution is 5.89. The van der Waals surface area contributed by atoms with E-state index in [4.69, 9.17) is 14.2 Å². The molecule has 1 heterocycles. The first-order chi connectivity index (χ1) is 11.8. The van der Waals surface area contributed by atoms with Crippen LogP contribution in [0.3, 0.4) is 0 Å². The summed E-state index contributed by atoms with van der Waals surface area (Å²) in [6.07, 6.45) is -5.84. The number of ether oxygens (including phenoxy) is 3. The van der Waals surface area contributed by atoms with Gasteiger partial charge in [0, 0.05) is 19.5 Å². The fourth-order valence-electron chi connectivity index (χ4n) is 2.18. The summed E-state index contributed by atoms with van der Waals surface area (Å²) in [5, 5.41) is 22.2. The monoisotopic (exact) mass is 353 g/mol. The number of rotatable bonds is 5. The van der Waals surface area contributed by atoms with E-state index in [9.17, 15) is 24.6 Å². The van der Waals surface area contributed by atoms with Gasteiger partial charge in [-0.1, -0.05) is 0 Å². The Morgan fingerprint density at radius 1 is 1.20 bits per heavy atom. The summed E-state index contributed by atoms with van der Waals surface area (Å²) in [5.41, 5.74) is 0.541. The molecule has 0 aromatic heterocycles. The molecule has 1 saturated heterocycles. The van der Waals surface area contributed by atoms with E-state index in [1.807, 2.05) is 0 Å². The number of nitrogens with one attached hydrogen (secondary N) is 1. The molecule has 1 aromatic rings. The Morgan fingerprint density at radius 2 is 1.84 bits per heavy atom. The van der Waals surface area contributed by atoms with Gasteiger partial charge in [-0.25, -0.2) is 0 Å². The molecular formula is C16H19NO8. The number of carbonyl (C=O) groups excluding carboxylic acids is 3. The van der Waals surface area contributed by atoms with Crippen molar-refractivity contribution in [3.63, 3.8) is 0 Å². The zero-order valence-corrected chi connectivity index (χ0v) is 13.7. The van der Waals surface area contributed by atoms with E-state index >= 15 is 0 Å². The molecule has 9 heteroatoms. The van der Waals surface area contributed by atoms with Crippen LogP contribution in [0.5, 0.6) is 5.75 Å². The van der Waals surface area contributed by atoms with E-state index in [1.54, 1.807) is 12.1 Å². The molecule has 0 radical (unpaired) electrons. The molecule has 1 aliphatic rings. The Balaban J connectivity index is 2.04. The SMILES string of the molecule is CC(=O)Nc1ccc(OC2OC(COC(C)=O)C(O)C(O)C2=O)cc1. The van der Waals surface area contributed by atoms with Crippen LogP contribution in [0.25, 0.3) is 0 Å². The van der Waals surface area contributed by atoms with Gasteiger partial charge in [-0.3, -0.25) is 14.4 Å². The highest BCUT2D eigenvalue weighted by Gasteiger charge is 2.45. The number of amides is 1. The fraction of sp³-hybridized carbons (Fsp3) is 0.438. The maximum absolute atomic E-state index is 12.0. The lowest BCUT2D eigenvalue weighted by atomic mass is 10.0. The van der Waals surface area contributed by atoms with Crippen LogP contribution >= 0.6 is 0 Å². The number of aliphatic hydroxyl groups excluding tert-OH is 2. The Bertz CT molecular complexity index is 644. The Hall–Kier alpha value is -2.49. The highest BCUT2D eigenvalue weighted by Crippen LogP contribution is 2.23. The number of benzene rings is 1. The molecule has 0 bridgehead atoms. The normalized spacial score (nSPS) is 26.0. The van der Waals surface area contributed by atoms with Crippen molar-refractivity contribution in [2.24, 2.45) is 0 Å². The number of carbonyl (C=O) groups is 3. The molecule has 0 saturated carbocycles. The number of esters is 1. The Morgan fingerprint density at radius 3 is 2.40 bits per heavy atom. The second-order valence-electron chi connectivity index (χ2n) is 5.47. The smallest absolute Gasteiger partial charge is 0.302 e. The summed E-state index contributed by atoms with van der Waals surface area (Å²) in [7, 11) is 0. The molecule has 136 valence electrons. The third kappa shape index (κ3) is 4.99. The standard InChI is InChI=1S/C16H19NO8/c1-8(18)17-10-3-5-11(6-4-10)24-16-15(22)14(21)13(20)12(25-16)7-23-9(2)19/h3-6,12-14,16,20-21H,7H2,1-2H3,(H,17,18). The van der Waals surface area contributed by atoms with E-state index in [0.717, 1.165) is 0 Å². The van der Waals surface area contributed by atoms with E-state index in [0.29, 0.717) is 5.69 Å². The van der Waals surface area contributed by atoms with Crippen molar-refractivity contribution in [2.45, 2.75) is 38.4 Å². The first kappa shape index (κ1) is 18.8. The first-order valence-electron chi connectivity index (χ1n) is 7.51. The van der Waals surface area contributed by atoms with Crippen molar-refractivity contribution in [1.82, 2.24) is 0 Å². The average molecular weight is 353 g/mol. The van der Waals surface area contributed by atoms with Gasteiger partial charge in [0.05, 0.1) is 0 Å². The van der Waals surface area contributed by atoms with Crippen molar-refractivity contribution in [2.75, 3.05) is 11.9 Å². The second kappa shape index (κ2) is 8.06. The minimum absolute atomic E-state index is 0.232. The van der Waals surface area contributed by atoms with Crippen LogP contribution < -0.4 is 10.1 Å². The quantitative estimate of drug-likeness (QED) is 0.610. The van der Waals surface area contributed by atoms with Crippen LogP contribution in [0.15, 0.2) is 24.3 Å². The number of ketones is 1. The molecule has 0 aliphatic carbocycles. The van der Waals surface area contributed by atoms with E-state index < -0.39 is 36.4 Å². The average Bonchev–Trinajstić information content (AvgIpc) is 2.55. The summed E-state index contributed by atoms with van der Waals surface area (Å²) < 4.78 is 15.4. The second-order valence-corrected chi connectivity index (χ2v) is 5.47. The lowest BCUT2D eigenvalue weighted by molar-refractivity contribution is -0.222. The van der Waals surface area contributed by atoms with Gasteiger partial charge in [0.1, 0.15) is 30.7 Å². The molecule has 9 nitrogen and oxygen atoms in total. The fourth-order valence-corrected chi connectivity index (χ4v) is 2.18. The number of hydrogen-bond acceptors (Lipinski definition) is 8. The molecule has 1 aliphatic heterocycles. The molecule has 2 rings (SSSR count).